The zero-order valence-corrected chi connectivity index (χ0v) is 11.5. The fraction of sp³-hybridized carbons (Fsp3) is 0.429. The van der Waals surface area contributed by atoms with Gasteiger partial charge >= 0.3 is 5.97 Å². The third-order valence-corrected chi connectivity index (χ3v) is 3.18. The first-order valence-corrected chi connectivity index (χ1v) is 6.03. The average Bonchev–Trinajstić information content (AvgIpc) is 2.32. The number of halogens is 1. The maximum absolute atomic E-state index is 13.5. The molecule has 0 saturated heterocycles. The van der Waals surface area contributed by atoms with Crippen LogP contribution in [0.25, 0.3) is 0 Å². The first-order valence-electron chi connectivity index (χ1n) is 6.03. The van der Waals surface area contributed by atoms with Crippen LogP contribution in [0.15, 0.2) is 18.2 Å². The summed E-state index contributed by atoms with van der Waals surface area (Å²) in [5.41, 5.74) is -0.746. The van der Waals surface area contributed by atoms with Gasteiger partial charge in [0.15, 0.2) is 0 Å². The Bertz CT molecular complexity index is 511. The number of rotatable bonds is 4. The first kappa shape index (κ1) is 15.1. The largest absolute Gasteiger partial charge is 0.480 e. The number of likely N-dealkylation sites (N-methyl/N-ethyl adjacent to an activating group) is 1. The van der Waals surface area contributed by atoms with Gasteiger partial charge in [0.05, 0.1) is 0 Å². The molecule has 0 spiro atoms. The van der Waals surface area contributed by atoms with Crippen LogP contribution in [-0.4, -0.2) is 34.0 Å². The summed E-state index contributed by atoms with van der Waals surface area (Å²) in [6, 6.07) is 4.14. The molecule has 1 amide bonds. The number of carboxylic acid groups (broad SMARTS) is 1. The van der Waals surface area contributed by atoms with Gasteiger partial charge in [-0.1, -0.05) is 6.07 Å². The lowest BCUT2D eigenvalue weighted by molar-refractivity contribution is -0.147. The van der Waals surface area contributed by atoms with Crippen LogP contribution in [0.3, 0.4) is 0 Å². The molecular formula is C14H18FNO3. The molecule has 0 aliphatic heterocycles. The van der Waals surface area contributed by atoms with Crippen molar-refractivity contribution in [1.82, 2.24) is 4.90 Å². The number of carbonyl (C=O) groups is 2. The lowest BCUT2D eigenvalue weighted by atomic mass is 10.0. The van der Waals surface area contributed by atoms with Gasteiger partial charge in [0, 0.05) is 12.1 Å². The molecule has 0 unspecified atom stereocenters. The molecule has 0 heterocycles. The van der Waals surface area contributed by atoms with E-state index in [1.165, 1.54) is 30.9 Å². The first-order chi connectivity index (χ1) is 8.71. The maximum Gasteiger partial charge on any atom is 0.329 e. The van der Waals surface area contributed by atoms with E-state index in [4.69, 9.17) is 5.11 Å². The fourth-order valence-corrected chi connectivity index (χ4v) is 1.79. The van der Waals surface area contributed by atoms with Crippen molar-refractivity contribution < 1.29 is 19.1 Å². The Hall–Kier alpha value is -1.91. The summed E-state index contributed by atoms with van der Waals surface area (Å²) < 4.78 is 13.5. The van der Waals surface area contributed by atoms with E-state index in [1.807, 2.05) is 0 Å². The summed E-state index contributed by atoms with van der Waals surface area (Å²) in [6.07, 6.45) is 0. The average molecular weight is 267 g/mol. The van der Waals surface area contributed by atoms with Crippen molar-refractivity contribution in [2.45, 2.75) is 33.2 Å². The molecule has 4 nitrogen and oxygen atoms in total. The van der Waals surface area contributed by atoms with E-state index in [1.54, 1.807) is 13.8 Å². The van der Waals surface area contributed by atoms with E-state index in [0.29, 0.717) is 5.56 Å². The molecule has 0 saturated carbocycles. The summed E-state index contributed by atoms with van der Waals surface area (Å²) in [4.78, 5) is 24.7. The van der Waals surface area contributed by atoms with Gasteiger partial charge in [-0.3, -0.25) is 4.79 Å². The highest BCUT2D eigenvalue weighted by Crippen LogP contribution is 2.19. The Kier molecular flexibility index (Phi) is 4.29. The van der Waals surface area contributed by atoms with Crippen molar-refractivity contribution in [2.24, 2.45) is 0 Å². The van der Waals surface area contributed by atoms with Gasteiger partial charge < -0.3 is 10.0 Å². The van der Waals surface area contributed by atoms with Crippen molar-refractivity contribution in [3.63, 3.8) is 0 Å². The lowest BCUT2D eigenvalue weighted by Gasteiger charge is -2.34. The van der Waals surface area contributed by atoms with Crippen LogP contribution >= 0.6 is 0 Å². The molecule has 0 fully saturated rings. The van der Waals surface area contributed by atoms with Crippen molar-refractivity contribution >= 4 is 11.9 Å². The predicted octanol–water partition coefficient (Wildman–Crippen LogP) is 2.46. The Balaban J connectivity index is 3.15. The van der Waals surface area contributed by atoms with E-state index in [0.717, 1.165) is 6.07 Å². The van der Waals surface area contributed by atoms with Crippen molar-refractivity contribution in [1.29, 1.82) is 0 Å². The van der Waals surface area contributed by atoms with Crippen LogP contribution in [0.5, 0.6) is 0 Å². The van der Waals surface area contributed by atoms with Gasteiger partial charge in [-0.05, 0) is 45.4 Å². The van der Waals surface area contributed by atoms with Gasteiger partial charge in [0.2, 0.25) is 0 Å². The van der Waals surface area contributed by atoms with E-state index in [-0.39, 0.29) is 12.1 Å². The minimum absolute atomic E-state index is 0.152. The van der Waals surface area contributed by atoms with Crippen LogP contribution in [-0.2, 0) is 4.79 Å². The van der Waals surface area contributed by atoms with E-state index in [2.05, 4.69) is 0 Å². The van der Waals surface area contributed by atoms with E-state index < -0.39 is 23.2 Å². The Morgan fingerprint density at radius 2 is 1.95 bits per heavy atom. The SMILES string of the molecule is CCN(C(=O)c1ccc(C)c(F)c1)C(C)(C)C(=O)O. The molecule has 1 aromatic rings. The maximum atomic E-state index is 13.5. The van der Waals surface area contributed by atoms with E-state index >= 15 is 0 Å². The van der Waals surface area contributed by atoms with Crippen molar-refractivity contribution in [3.05, 3.63) is 35.1 Å². The zero-order chi connectivity index (χ0) is 14.8. The number of hydrogen-bond acceptors (Lipinski definition) is 2. The number of carboxylic acids is 1. The van der Waals surface area contributed by atoms with Crippen molar-refractivity contribution in [2.75, 3.05) is 6.54 Å². The van der Waals surface area contributed by atoms with Crippen molar-refractivity contribution in [3.8, 4) is 0 Å². The normalized spacial score (nSPS) is 11.2. The predicted molar refractivity (Wildman–Crippen MR) is 69.6 cm³/mol. The molecule has 5 heteroatoms. The van der Waals surface area contributed by atoms with Crippen LogP contribution < -0.4 is 0 Å². The second kappa shape index (κ2) is 5.38. The molecule has 0 radical (unpaired) electrons. The zero-order valence-electron chi connectivity index (χ0n) is 11.5. The highest BCUT2D eigenvalue weighted by Gasteiger charge is 2.37. The smallest absolute Gasteiger partial charge is 0.329 e. The third-order valence-electron chi connectivity index (χ3n) is 3.18. The topological polar surface area (TPSA) is 57.6 Å². The molecule has 0 aliphatic carbocycles. The lowest BCUT2D eigenvalue weighted by Crippen LogP contribution is -2.52. The third kappa shape index (κ3) is 2.92. The molecule has 19 heavy (non-hydrogen) atoms. The van der Waals surface area contributed by atoms with Gasteiger partial charge in [-0.25, -0.2) is 9.18 Å². The van der Waals surface area contributed by atoms with Gasteiger partial charge in [0.25, 0.3) is 5.91 Å². The monoisotopic (exact) mass is 267 g/mol. The number of nitrogens with zero attached hydrogens (tertiary/aromatic N) is 1. The Morgan fingerprint density at radius 3 is 2.37 bits per heavy atom. The highest BCUT2D eigenvalue weighted by molar-refractivity contribution is 5.97. The van der Waals surface area contributed by atoms with Crippen LogP contribution in [0.2, 0.25) is 0 Å². The van der Waals surface area contributed by atoms with Gasteiger partial charge in [-0.15, -0.1) is 0 Å². The second-order valence-corrected chi connectivity index (χ2v) is 4.88. The summed E-state index contributed by atoms with van der Waals surface area (Å²) in [7, 11) is 0. The minimum Gasteiger partial charge on any atom is -0.480 e. The fourth-order valence-electron chi connectivity index (χ4n) is 1.79. The highest BCUT2D eigenvalue weighted by atomic mass is 19.1. The number of carbonyl (C=O) groups excluding carboxylic acids is 1. The number of benzene rings is 1. The molecule has 0 atom stereocenters. The minimum atomic E-state index is -1.34. The number of aryl methyl sites for hydroxylation is 1. The summed E-state index contributed by atoms with van der Waals surface area (Å²) in [5.74, 6) is -2.07. The Labute approximate surface area is 111 Å². The van der Waals surface area contributed by atoms with Crippen LogP contribution in [0.1, 0.15) is 36.7 Å². The quantitative estimate of drug-likeness (QED) is 0.911. The summed E-state index contributed by atoms with van der Waals surface area (Å²) in [6.45, 7) is 6.41. The molecule has 0 aromatic heterocycles. The molecule has 0 bridgehead atoms. The van der Waals surface area contributed by atoms with Crippen LogP contribution in [0, 0.1) is 12.7 Å². The summed E-state index contributed by atoms with van der Waals surface area (Å²) >= 11 is 0. The Morgan fingerprint density at radius 1 is 1.37 bits per heavy atom. The number of hydrogen-bond donors (Lipinski definition) is 1. The standard InChI is InChI=1S/C14H18FNO3/c1-5-16(14(3,4)13(18)19)12(17)10-7-6-9(2)11(15)8-10/h6-8H,5H2,1-4H3,(H,18,19). The molecule has 0 aliphatic rings. The van der Waals surface area contributed by atoms with Crippen LogP contribution in [0.4, 0.5) is 4.39 Å². The number of aliphatic carboxylic acids is 1. The molecular weight excluding hydrogens is 249 g/mol. The van der Waals surface area contributed by atoms with E-state index in [9.17, 15) is 14.0 Å². The molecule has 1 rings (SSSR count). The molecule has 1 N–H and O–H groups in total. The van der Waals surface area contributed by atoms with Gasteiger partial charge in [-0.2, -0.15) is 0 Å². The second-order valence-electron chi connectivity index (χ2n) is 4.88. The number of amides is 1. The molecule has 1 aromatic carbocycles. The van der Waals surface area contributed by atoms with Gasteiger partial charge in [0.1, 0.15) is 11.4 Å². The summed E-state index contributed by atoms with van der Waals surface area (Å²) in [5, 5.41) is 9.17. The molecule has 104 valence electrons.